The summed E-state index contributed by atoms with van der Waals surface area (Å²) in [6.45, 7) is 2.36. The van der Waals surface area contributed by atoms with Gasteiger partial charge < -0.3 is 14.8 Å². The van der Waals surface area contributed by atoms with E-state index in [-0.39, 0.29) is 24.1 Å². The van der Waals surface area contributed by atoms with Crippen LogP contribution in [0.5, 0.6) is 0 Å². The summed E-state index contributed by atoms with van der Waals surface area (Å²) in [6.07, 6.45) is 0. The van der Waals surface area contributed by atoms with Crippen LogP contribution in [0, 0.1) is 6.92 Å². The number of para-hydroxylation sites is 1. The molecule has 0 atom stereocenters. The first-order valence-corrected chi connectivity index (χ1v) is 11.1. The highest BCUT2D eigenvalue weighted by Crippen LogP contribution is 2.29. The van der Waals surface area contributed by atoms with E-state index in [4.69, 9.17) is 23.2 Å². The average molecular weight is 478 g/mol. The molecule has 0 aliphatic heterocycles. The largest absolute Gasteiger partial charge is 0.336 e. The van der Waals surface area contributed by atoms with Gasteiger partial charge in [0.15, 0.2) is 5.16 Å². The van der Waals surface area contributed by atoms with Crippen LogP contribution in [-0.2, 0) is 16.1 Å². The van der Waals surface area contributed by atoms with Gasteiger partial charge in [0.05, 0.1) is 34.6 Å². The van der Waals surface area contributed by atoms with Crippen molar-refractivity contribution in [3.8, 4) is 0 Å². The van der Waals surface area contributed by atoms with Crippen LogP contribution in [0.1, 0.15) is 11.4 Å². The Morgan fingerprint density at radius 1 is 1.06 bits per heavy atom. The molecule has 0 aliphatic rings. The highest BCUT2D eigenvalue weighted by Gasteiger charge is 2.17. The van der Waals surface area contributed by atoms with Crippen LogP contribution in [0.15, 0.2) is 53.7 Å². The molecule has 0 saturated heterocycles. The van der Waals surface area contributed by atoms with E-state index in [1.807, 2.05) is 41.8 Å². The first-order chi connectivity index (χ1) is 14.8. The molecule has 162 valence electrons. The van der Waals surface area contributed by atoms with Crippen molar-refractivity contribution in [2.24, 2.45) is 0 Å². The number of amides is 2. The average Bonchev–Trinajstić information content (AvgIpc) is 3.09. The number of likely N-dealkylation sites (N-methyl/N-ethyl adjacent to an activating group) is 1. The highest BCUT2D eigenvalue weighted by atomic mass is 35.5. The molecule has 2 amide bonds. The molecular formula is C21H21Cl2N5O2S. The van der Waals surface area contributed by atoms with Gasteiger partial charge in [0.25, 0.3) is 0 Å². The molecule has 7 nitrogen and oxygen atoms in total. The van der Waals surface area contributed by atoms with Gasteiger partial charge in [-0.1, -0.05) is 71.4 Å². The fraction of sp³-hybridized carbons (Fsp3) is 0.238. The first kappa shape index (κ1) is 23.1. The Bertz CT molecular complexity index is 1050. The third-order valence-corrected chi connectivity index (χ3v) is 6.03. The van der Waals surface area contributed by atoms with Crippen molar-refractivity contribution >= 4 is 52.5 Å². The standard InChI is InChI=1S/C21H21Cl2N5O2S/c1-14-25-26-21(28(14)11-15-7-4-3-5-8-15)31-13-19(30)27(2)12-18(29)24-20-16(22)9-6-10-17(20)23/h3-10H,11-13H2,1-2H3,(H,24,29). The summed E-state index contributed by atoms with van der Waals surface area (Å²) in [5.74, 6) is 0.295. The van der Waals surface area contributed by atoms with Gasteiger partial charge in [-0.15, -0.1) is 10.2 Å². The van der Waals surface area contributed by atoms with E-state index in [0.29, 0.717) is 27.4 Å². The Morgan fingerprint density at radius 3 is 2.42 bits per heavy atom. The molecule has 3 rings (SSSR count). The molecule has 3 aromatic rings. The van der Waals surface area contributed by atoms with Gasteiger partial charge in [-0.2, -0.15) is 0 Å². The molecule has 0 bridgehead atoms. The summed E-state index contributed by atoms with van der Waals surface area (Å²) in [4.78, 5) is 26.2. The lowest BCUT2D eigenvalue weighted by Crippen LogP contribution is -2.36. The monoisotopic (exact) mass is 477 g/mol. The lowest BCUT2D eigenvalue weighted by molar-refractivity contribution is -0.131. The highest BCUT2D eigenvalue weighted by molar-refractivity contribution is 7.99. The van der Waals surface area contributed by atoms with Gasteiger partial charge in [0, 0.05) is 7.05 Å². The number of nitrogens with zero attached hydrogens (tertiary/aromatic N) is 4. The maximum Gasteiger partial charge on any atom is 0.244 e. The van der Waals surface area contributed by atoms with E-state index in [2.05, 4.69) is 15.5 Å². The second-order valence-corrected chi connectivity index (χ2v) is 8.54. The zero-order chi connectivity index (χ0) is 22.4. The quantitative estimate of drug-likeness (QED) is 0.493. The van der Waals surface area contributed by atoms with E-state index in [9.17, 15) is 9.59 Å². The minimum atomic E-state index is -0.390. The van der Waals surface area contributed by atoms with Crippen LogP contribution >= 0.6 is 35.0 Å². The number of hydrogen-bond donors (Lipinski definition) is 1. The van der Waals surface area contributed by atoms with Crippen molar-refractivity contribution in [1.82, 2.24) is 19.7 Å². The van der Waals surface area contributed by atoms with Gasteiger partial charge in [0.1, 0.15) is 5.82 Å². The maximum absolute atomic E-state index is 12.5. The number of rotatable bonds is 8. The van der Waals surface area contributed by atoms with Crippen molar-refractivity contribution in [3.63, 3.8) is 0 Å². The minimum absolute atomic E-state index is 0.128. The summed E-state index contributed by atoms with van der Waals surface area (Å²) in [5, 5.41) is 12.3. The van der Waals surface area contributed by atoms with Crippen LogP contribution in [0.4, 0.5) is 5.69 Å². The zero-order valence-corrected chi connectivity index (χ0v) is 19.3. The molecule has 1 heterocycles. The lowest BCUT2D eigenvalue weighted by atomic mass is 10.2. The number of carbonyl (C=O) groups is 2. The molecule has 10 heteroatoms. The summed E-state index contributed by atoms with van der Waals surface area (Å²) >= 11 is 13.4. The Kier molecular flexibility index (Phi) is 7.95. The zero-order valence-electron chi connectivity index (χ0n) is 17.0. The van der Waals surface area contributed by atoms with E-state index >= 15 is 0 Å². The Morgan fingerprint density at radius 2 is 1.74 bits per heavy atom. The number of benzene rings is 2. The predicted molar refractivity (Wildman–Crippen MR) is 124 cm³/mol. The molecule has 0 spiro atoms. The van der Waals surface area contributed by atoms with Crippen molar-refractivity contribution < 1.29 is 9.59 Å². The van der Waals surface area contributed by atoms with E-state index in [1.165, 1.54) is 16.7 Å². The van der Waals surface area contributed by atoms with Crippen molar-refractivity contribution in [3.05, 3.63) is 70.0 Å². The second-order valence-electron chi connectivity index (χ2n) is 6.78. The number of thioether (sulfide) groups is 1. The number of nitrogens with one attached hydrogen (secondary N) is 1. The van der Waals surface area contributed by atoms with Crippen LogP contribution in [-0.4, -0.2) is 50.8 Å². The van der Waals surface area contributed by atoms with Crippen molar-refractivity contribution in [1.29, 1.82) is 0 Å². The molecule has 31 heavy (non-hydrogen) atoms. The van der Waals surface area contributed by atoms with E-state index < -0.39 is 0 Å². The van der Waals surface area contributed by atoms with Gasteiger partial charge in [-0.05, 0) is 24.6 Å². The van der Waals surface area contributed by atoms with Crippen LogP contribution in [0.3, 0.4) is 0 Å². The van der Waals surface area contributed by atoms with Crippen LogP contribution < -0.4 is 5.32 Å². The fourth-order valence-corrected chi connectivity index (χ4v) is 4.17. The summed E-state index contributed by atoms with van der Waals surface area (Å²) in [5.41, 5.74) is 1.45. The normalized spacial score (nSPS) is 10.7. The molecule has 1 aromatic heterocycles. The molecule has 0 aliphatic carbocycles. The summed E-state index contributed by atoms with van der Waals surface area (Å²) < 4.78 is 1.96. The molecule has 2 aromatic carbocycles. The maximum atomic E-state index is 12.5. The summed E-state index contributed by atoms with van der Waals surface area (Å²) in [6, 6.07) is 14.9. The Labute approximate surface area is 194 Å². The smallest absolute Gasteiger partial charge is 0.244 e. The van der Waals surface area contributed by atoms with Crippen molar-refractivity contribution in [2.45, 2.75) is 18.6 Å². The molecule has 0 unspecified atom stereocenters. The summed E-state index contributed by atoms with van der Waals surface area (Å²) in [7, 11) is 1.57. The van der Waals surface area contributed by atoms with Gasteiger partial charge in [-0.25, -0.2) is 0 Å². The van der Waals surface area contributed by atoms with Crippen molar-refractivity contribution in [2.75, 3.05) is 24.7 Å². The minimum Gasteiger partial charge on any atom is -0.336 e. The topological polar surface area (TPSA) is 80.1 Å². The van der Waals surface area contributed by atoms with E-state index in [1.54, 1.807) is 25.2 Å². The predicted octanol–water partition coefficient (Wildman–Crippen LogP) is 4.13. The number of anilines is 1. The fourth-order valence-electron chi connectivity index (χ4n) is 2.75. The SMILES string of the molecule is Cc1nnc(SCC(=O)N(C)CC(=O)Nc2c(Cl)cccc2Cl)n1Cc1ccccc1. The second kappa shape index (κ2) is 10.7. The Hall–Kier alpha value is -2.55. The van der Waals surface area contributed by atoms with Crippen LogP contribution in [0.25, 0.3) is 0 Å². The molecule has 0 radical (unpaired) electrons. The molecule has 0 saturated carbocycles. The number of halogens is 2. The number of aryl methyl sites for hydroxylation is 1. The third-order valence-electron chi connectivity index (χ3n) is 4.44. The van der Waals surface area contributed by atoms with E-state index in [0.717, 1.165) is 11.4 Å². The number of hydrogen-bond acceptors (Lipinski definition) is 5. The molecule has 1 N–H and O–H groups in total. The molecule has 0 fully saturated rings. The van der Waals surface area contributed by atoms with Gasteiger partial charge in [0.2, 0.25) is 11.8 Å². The molecular weight excluding hydrogens is 457 g/mol. The van der Waals surface area contributed by atoms with Gasteiger partial charge >= 0.3 is 0 Å². The number of carbonyl (C=O) groups excluding carboxylic acids is 2. The van der Waals surface area contributed by atoms with Crippen LogP contribution in [0.2, 0.25) is 10.0 Å². The Balaban J connectivity index is 1.55. The lowest BCUT2D eigenvalue weighted by Gasteiger charge is -2.17. The van der Waals surface area contributed by atoms with Gasteiger partial charge in [-0.3, -0.25) is 9.59 Å². The third kappa shape index (κ3) is 6.22. The number of aromatic nitrogens is 3. The first-order valence-electron chi connectivity index (χ1n) is 9.39.